The molecule has 0 spiro atoms. The fourth-order valence-electron chi connectivity index (χ4n) is 3.36. The molecule has 2 aromatic rings. The van der Waals surface area contributed by atoms with Gasteiger partial charge in [0.1, 0.15) is 0 Å². The molecule has 1 saturated heterocycles. The van der Waals surface area contributed by atoms with E-state index in [0.717, 1.165) is 49.7 Å². The Labute approximate surface area is 176 Å². The predicted molar refractivity (Wildman–Crippen MR) is 117 cm³/mol. The molecule has 0 atom stereocenters. The van der Waals surface area contributed by atoms with Gasteiger partial charge in [-0.1, -0.05) is 31.2 Å². The van der Waals surface area contributed by atoms with E-state index in [1.807, 2.05) is 6.07 Å². The van der Waals surface area contributed by atoms with Crippen LogP contribution >= 0.6 is 11.3 Å². The van der Waals surface area contributed by atoms with E-state index in [0.29, 0.717) is 18.0 Å². The molecule has 2 amide bonds. The average molecular weight is 415 g/mol. The molecule has 29 heavy (non-hydrogen) atoms. The first-order valence-corrected chi connectivity index (χ1v) is 11.0. The number of carbonyl (C=O) groups excluding carboxylic acids is 2. The third kappa shape index (κ3) is 6.66. The maximum Gasteiger partial charge on any atom is 0.261 e. The Hall–Kier alpha value is -2.22. The summed E-state index contributed by atoms with van der Waals surface area (Å²) in [6.45, 7) is 11.3. The van der Waals surface area contributed by atoms with Crippen molar-refractivity contribution in [1.29, 1.82) is 0 Å². The molecule has 7 heteroatoms. The van der Waals surface area contributed by atoms with E-state index in [2.05, 4.69) is 51.6 Å². The van der Waals surface area contributed by atoms with Gasteiger partial charge in [0.05, 0.1) is 11.4 Å². The topological polar surface area (TPSA) is 64.7 Å². The summed E-state index contributed by atoms with van der Waals surface area (Å²) in [5, 5.41) is 5.72. The highest BCUT2D eigenvalue weighted by Crippen LogP contribution is 2.16. The number of rotatable bonds is 8. The summed E-state index contributed by atoms with van der Waals surface area (Å²) in [6, 6.07) is 12.2. The molecule has 156 valence electrons. The lowest BCUT2D eigenvalue weighted by Gasteiger charge is -2.34. The lowest BCUT2D eigenvalue weighted by atomic mass is 10.1. The van der Waals surface area contributed by atoms with Crippen LogP contribution in [0.25, 0.3) is 0 Å². The van der Waals surface area contributed by atoms with Crippen LogP contribution in [0.15, 0.2) is 36.4 Å². The summed E-state index contributed by atoms with van der Waals surface area (Å²) in [6.07, 6.45) is 0. The lowest BCUT2D eigenvalue weighted by molar-refractivity contribution is -0.119. The summed E-state index contributed by atoms with van der Waals surface area (Å²) < 4.78 is 0. The zero-order chi connectivity index (χ0) is 20.6. The van der Waals surface area contributed by atoms with Crippen LogP contribution in [-0.2, 0) is 24.4 Å². The molecule has 1 fully saturated rings. The number of benzene rings is 1. The van der Waals surface area contributed by atoms with Gasteiger partial charge in [-0.15, -0.1) is 11.3 Å². The van der Waals surface area contributed by atoms with Crippen LogP contribution in [-0.4, -0.2) is 54.3 Å². The molecule has 0 aliphatic carbocycles. The highest BCUT2D eigenvalue weighted by atomic mass is 32.1. The Balaban J connectivity index is 1.44. The average Bonchev–Trinajstić information content (AvgIpc) is 3.21. The maximum atomic E-state index is 12.4. The molecule has 2 heterocycles. The van der Waals surface area contributed by atoms with E-state index in [1.54, 1.807) is 6.07 Å². The zero-order valence-electron chi connectivity index (χ0n) is 17.2. The van der Waals surface area contributed by atoms with Crippen molar-refractivity contribution >= 4 is 23.2 Å². The Morgan fingerprint density at radius 2 is 1.55 bits per heavy atom. The fraction of sp³-hybridized carbons (Fsp3) is 0.455. The van der Waals surface area contributed by atoms with Gasteiger partial charge in [0.25, 0.3) is 5.91 Å². The molecular formula is C22H30N4O2S. The van der Waals surface area contributed by atoms with Crippen molar-refractivity contribution < 1.29 is 9.59 Å². The van der Waals surface area contributed by atoms with Crippen molar-refractivity contribution in [1.82, 2.24) is 20.4 Å². The summed E-state index contributed by atoms with van der Waals surface area (Å²) in [5.74, 6) is -0.155. The Morgan fingerprint density at radius 3 is 2.21 bits per heavy atom. The minimum Gasteiger partial charge on any atom is -0.351 e. The van der Waals surface area contributed by atoms with Gasteiger partial charge in [-0.2, -0.15) is 0 Å². The van der Waals surface area contributed by atoms with Crippen molar-refractivity contribution in [3.63, 3.8) is 0 Å². The third-order valence-corrected chi connectivity index (χ3v) is 6.28. The standard InChI is InChI=1S/C22H30N4O2S/c1-3-25-10-12-26(13-11-25)16-19-6-4-18(5-7-19)14-24-22(28)21-9-8-20(29-21)15-23-17(2)27/h4-9H,3,10-16H2,1-2H3,(H,23,27)(H,24,28). The van der Waals surface area contributed by atoms with Crippen LogP contribution in [0.5, 0.6) is 0 Å². The van der Waals surface area contributed by atoms with Crippen LogP contribution in [0.3, 0.4) is 0 Å². The summed E-state index contributed by atoms with van der Waals surface area (Å²) in [4.78, 5) is 30.0. The van der Waals surface area contributed by atoms with Crippen molar-refractivity contribution in [2.24, 2.45) is 0 Å². The van der Waals surface area contributed by atoms with Gasteiger partial charge in [0.2, 0.25) is 5.91 Å². The molecule has 1 aromatic carbocycles. The van der Waals surface area contributed by atoms with Gasteiger partial charge >= 0.3 is 0 Å². The minimum atomic E-state index is -0.0815. The van der Waals surface area contributed by atoms with Gasteiger partial charge in [0, 0.05) is 51.1 Å². The van der Waals surface area contributed by atoms with Crippen LogP contribution in [0.4, 0.5) is 0 Å². The van der Waals surface area contributed by atoms with Crippen LogP contribution in [0.1, 0.15) is 39.5 Å². The number of carbonyl (C=O) groups is 2. The van der Waals surface area contributed by atoms with Crippen molar-refractivity contribution in [2.45, 2.75) is 33.5 Å². The van der Waals surface area contributed by atoms with Crippen LogP contribution in [0.2, 0.25) is 0 Å². The second-order valence-corrected chi connectivity index (χ2v) is 8.55. The fourth-order valence-corrected chi connectivity index (χ4v) is 4.22. The van der Waals surface area contributed by atoms with E-state index in [4.69, 9.17) is 0 Å². The predicted octanol–water partition coefficient (Wildman–Crippen LogP) is 2.45. The van der Waals surface area contributed by atoms with Gasteiger partial charge in [-0.3, -0.25) is 14.5 Å². The molecule has 0 saturated carbocycles. The summed E-state index contributed by atoms with van der Waals surface area (Å²) in [5.41, 5.74) is 2.40. The Kier molecular flexibility index (Phi) is 7.80. The largest absolute Gasteiger partial charge is 0.351 e. The number of hydrogen-bond acceptors (Lipinski definition) is 5. The molecule has 0 radical (unpaired) electrons. The van der Waals surface area contributed by atoms with Gasteiger partial charge in [-0.25, -0.2) is 0 Å². The third-order valence-electron chi connectivity index (χ3n) is 5.19. The summed E-state index contributed by atoms with van der Waals surface area (Å²) >= 11 is 1.41. The number of nitrogens with zero attached hydrogens (tertiary/aromatic N) is 2. The first-order chi connectivity index (χ1) is 14.0. The van der Waals surface area contributed by atoms with Gasteiger partial charge < -0.3 is 15.5 Å². The first kappa shape index (κ1) is 21.5. The molecule has 2 N–H and O–H groups in total. The van der Waals surface area contributed by atoms with E-state index in [-0.39, 0.29) is 11.8 Å². The van der Waals surface area contributed by atoms with E-state index < -0.39 is 0 Å². The van der Waals surface area contributed by atoms with Gasteiger partial charge in [0.15, 0.2) is 0 Å². The summed E-state index contributed by atoms with van der Waals surface area (Å²) in [7, 11) is 0. The van der Waals surface area contributed by atoms with Gasteiger partial charge in [-0.05, 0) is 29.8 Å². The number of piperazine rings is 1. The Morgan fingerprint density at radius 1 is 0.897 bits per heavy atom. The minimum absolute atomic E-state index is 0.0731. The van der Waals surface area contributed by atoms with Crippen LogP contribution in [0, 0.1) is 0 Å². The molecule has 1 aromatic heterocycles. The molecule has 1 aliphatic rings. The number of hydrogen-bond donors (Lipinski definition) is 2. The molecule has 1 aliphatic heterocycles. The van der Waals surface area contributed by atoms with Crippen molar-refractivity contribution in [3.05, 3.63) is 57.3 Å². The van der Waals surface area contributed by atoms with E-state index in [9.17, 15) is 9.59 Å². The molecule has 0 unspecified atom stereocenters. The van der Waals surface area contributed by atoms with Crippen molar-refractivity contribution in [3.8, 4) is 0 Å². The number of likely N-dealkylation sites (N-methyl/N-ethyl adjacent to an activating group) is 1. The normalized spacial score (nSPS) is 15.2. The number of thiophene rings is 1. The smallest absolute Gasteiger partial charge is 0.261 e. The maximum absolute atomic E-state index is 12.4. The lowest BCUT2D eigenvalue weighted by Crippen LogP contribution is -2.45. The van der Waals surface area contributed by atoms with Crippen LogP contribution < -0.4 is 10.6 Å². The molecular weight excluding hydrogens is 384 g/mol. The quantitative estimate of drug-likeness (QED) is 0.697. The van der Waals surface area contributed by atoms with E-state index >= 15 is 0 Å². The first-order valence-electron chi connectivity index (χ1n) is 10.2. The highest BCUT2D eigenvalue weighted by molar-refractivity contribution is 7.14. The molecule has 6 nitrogen and oxygen atoms in total. The highest BCUT2D eigenvalue weighted by Gasteiger charge is 2.15. The molecule has 0 bridgehead atoms. The monoisotopic (exact) mass is 414 g/mol. The number of amides is 2. The number of nitrogens with one attached hydrogen (secondary N) is 2. The SMILES string of the molecule is CCN1CCN(Cc2ccc(CNC(=O)c3ccc(CNC(C)=O)s3)cc2)CC1. The second-order valence-electron chi connectivity index (χ2n) is 7.39. The van der Waals surface area contributed by atoms with E-state index in [1.165, 1.54) is 23.8 Å². The zero-order valence-corrected chi connectivity index (χ0v) is 18.1. The Bertz CT molecular complexity index is 810. The second kappa shape index (κ2) is 10.5. The van der Waals surface area contributed by atoms with Crippen molar-refractivity contribution in [2.75, 3.05) is 32.7 Å². The molecule has 3 rings (SSSR count).